The van der Waals surface area contributed by atoms with E-state index in [1.54, 1.807) is 0 Å². The number of hydrogen-bond donors (Lipinski definition) is 1. The van der Waals surface area contributed by atoms with Gasteiger partial charge in [-0.05, 0) is 25.5 Å². The highest BCUT2D eigenvalue weighted by Gasteiger charge is 2.30. The minimum absolute atomic E-state index is 0.0174. The van der Waals surface area contributed by atoms with Crippen LogP contribution >= 0.6 is 0 Å². The number of carbonyl (C=O) groups excluding carboxylic acids is 1. The van der Waals surface area contributed by atoms with Crippen molar-refractivity contribution in [1.29, 1.82) is 0 Å². The van der Waals surface area contributed by atoms with Gasteiger partial charge in [-0.2, -0.15) is 0 Å². The highest BCUT2D eigenvalue weighted by atomic mass is 32.2. The van der Waals surface area contributed by atoms with Crippen LogP contribution in [0.25, 0.3) is 5.52 Å². The smallest absolute Gasteiger partial charge is 0.272 e. The van der Waals surface area contributed by atoms with Gasteiger partial charge in [-0.1, -0.05) is 6.07 Å². The largest absolute Gasteiger partial charge is 0.347 e. The number of pyridine rings is 1. The van der Waals surface area contributed by atoms with Crippen LogP contribution in [0, 0.1) is 6.92 Å². The summed E-state index contributed by atoms with van der Waals surface area (Å²) in [5.41, 5.74) is 1.07. The average molecular weight is 293 g/mol. The number of nitrogens with one attached hydrogen (secondary N) is 1. The lowest BCUT2D eigenvalue weighted by Gasteiger charge is -2.09. The van der Waals surface area contributed by atoms with E-state index in [0.717, 1.165) is 11.3 Å². The van der Waals surface area contributed by atoms with E-state index in [-0.39, 0.29) is 23.5 Å². The van der Waals surface area contributed by atoms with E-state index in [2.05, 4.69) is 10.3 Å². The van der Waals surface area contributed by atoms with Gasteiger partial charge in [0.2, 0.25) is 0 Å². The number of rotatable bonds is 2. The second-order valence-corrected chi connectivity index (χ2v) is 7.27. The molecule has 0 spiro atoms. The van der Waals surface area contributed by atoms with E-state index in [9.17, 15) is 13.2 Å². The normalized spacial score (nSPS) is 21.1. The molecule has 0 aromatic carbocycles. The number of fused-ring (bicyclic) bond motifs is 1. The standard InChI is InChI=1S/C13H15N3O3S/c1-9-14-12(11-4-2-3-6-16(9)11)13(17)15-10-5-7-20(18,19)8-10/h2-4,6,10H,5,7-8H2,1H3,(H,15,17). The molecule has 6 nitrogen and oxygen atoms in total. The first-order valence-electron chi connectivity index (χ1n) is 6.41. The Labute approximate surface area is 116 Å². The summed E-state index contributed by atoms with van der Waals surface area (Å²) < 4.78 is 24.6. The van der Waals surface area contributed by atoms with Crippen LogP contribution in [-0.4, -0.2) is 41.3 Å². The summed E-state index contributed by atoms with van der Waals surface area (Å²) in [6.45, 7) is 1.82. The Bertz CT molecular complexity index is 779. The van der Waals surface area contributed by atoms with Crippen molar-refractivity contribution >= 4 is 21.3 Å². The summed E-state index contributed by atoms with van der Waals surface area (Å²) in [7, 11) is -3.00. The summed E-state index contributed by atoms with van der Waals surface area (Å²) in [5.74, 6) is 0.568. The molecule has 1 amide bonds. The zero-order valence-electron chi connectivity index (χ0n) is 11.0. The highest BCUT2D eigenvalue weighted by Crippen LogP contribution is 2.15. The van der Waals surface area contributed by atoms with Crippen LogP contribution in [0.15, 0.2) is 24.4 Å². The first-order chi connectivity index (χ1) is 9.46. The Balaban J connectivity index is 1.87. The van der Waals surface area contributed by atoms with Crippen molar-refractivity contribution in [3.05, 3.63) is 35.9 Å². The highest BCUT2D eigenvalue weighted by molar-refractivity contribution is 7.91. The molecular weight excluding hydrogens is 278 g/mol. The summed E-state index contributed by atoms with van der Waals surface area (Å²) in [5, 5.41) is 2.76. The summed E-state index contributed by atoms with van der Waals surface area (Å²) in [6, 6.07) is 5.22. The zero-order chi connectivity index (χ0) is 14.3. The maximum atomic E-state index is 12.3. The van der Waals surface area contributed by atoms with Crippen molar-refractivity contribution < 1.29 is 13.2 Å². The van der Waals surface area contributed by atoms with Gasteiger partial charge >= 0.3 is 0 Å². The van der Waals surface area contributed by atoms with Crippen LogP contribution < -0.4 is 5.32 Å². The maximum absolute atomic E-state index is 12.3. The predicted molar refractivity (Wildman–Crippen MR) is 74.5 cm³/mol. The van der Waals surface area contributed by atoms with Gasteiger partial charge in [0, 0.05) is 12.2 Å². The van der Waals surface area contributed by atoms with E-state index in [4.69, 9.17) is 0 Å². The third kappa shape index (κ3) is 2.29. The average Bonchev–Trinajstić information content (AvgIpc) is 2.91. The van der Waals surface area contributed by atoms with Gasteiger partial charge in [-0.15, -0.1) is 0 Å². The Morgan fingerprint density at radius 2 is 2.25 bits per heavy atom. The van der Waals surface area contributed by atoms with E-state index in [0.29, 0.717) is 12.1 Å². The van der Waals surface area contributed by atoms with E-state index in [1.165, 1.54) is 0 Å². The van der Waals surface area contributed by atoms with Crippen LogP contribution in [-0.2, 0) is 9.84 Å². The molecular formula is C13H15N3O3S. The third-order valence-electron chi connectivity index (χ3n) is 3.51. The summed E-state index contributed by atoms with van der Waals surface area (Å²) in [6.07, 6.45) is 2.31. The molecule has 1 atom stereocenters. The molecule has 0 radical (unpaired) electrons. The molecule has 2 aromatic heterocycles. The number of imidazole rings is 1. The van der Waals surface area contributed by atoms with Crippen molar-refractivity contribution in [2.75, 3.05) is 11.5 Å². The lowest BCUT2D eigenvalue weighted by atomic mass is 10.2. The second kappa shape index (κ2) is 4.59. The van der Waals surface area contributed by atoms with Crippen molar-refractivity contribution in [3.8, 4) is 0 Å². The number of sulfone groups is 1. The van der Waals surface area contributed by atoms with E-state index in [1.807, 2.05) is 35.7 Å². The fourth-order valence-electron chi connectivity index (χ4n) is 2.52. The summed E-state index contributed by atoms with van der Waals surface area (Å²) >= 11 is 0. The third-order valence-corrected chi connectivity index (χ3v) is 5.28. The van der Waals surface area contributed by atoms with Gasteiger partial charge in [-0.3, -0.25) is 4.79 Å². The number of aryl methyl sites for hydroxylation is 1. The van der Waals surface area contributed by atoms with E-state index < -0.39 is 9.84 Å². The molecule has 1 saturated heterocycles. The Morgan fingerprint density at radius 3 is 2.95 bits per heavy atom. The minimum atomic E-state index is -3.00. The van der Waals surface area contributed by atoms with Gasteiger partial charge in [-0.25, -0.2) is 13.4 Å². The molecule has 7 heteroatoms. The zero-order valence-corrected chi connectivity index (χ0v) is 11.9. The van der Waals surface area contributed by atoms with Crippen molar-refractivity contribution in [1.82, 2.24) is 14.7 Å². The monoisotopic (exact) mass is 293 g/mol. The summed E-state index contributed by atoms with van der Waals surface area (Å²) in [4.78, 5) is 16.5. The Hall–Kier alpha value is -1.89. The molecule has 3 rings (SSSR count). The molecule has 0 aliphatic carbocycles. The van der Waals surface area contributed by atoms with Crippen LogP contribution in [0.1, 0.15) is 22.7 Å². The molecule has 20 heavy (non-hydrogen) atoms. The van der Waals surface area contributed by atoms with Crippen molar-refractivity contribution in [3.63, 3.8) is 0 Å². The fourth-order valence-corrected chi connectivity index (χ4v) is 4.19. The first kappa shape index (κ1) is 13.1. The van der Waals surface area contributed by atoms with Gasteiger partial charge in [0.05, 0.1) is 17.0 Å². The first-order valence-corrected chi connectivity index (χ1v) is 8.23. The lowest BCUT2D eigenvalue weighted by molar-refractivity contribution is 0.0938. The lowest BCUT2D eigenvalue weighted by Crippen LogP contribution is -2.35. The molecule has 0 bridgehead atoms. The minimum Gasteiger partial charge on any atom is -0.347 e. The Kier molecular flexibility index (Phi) is 3.01. The number of nitrogens with zero attached hydrogens (tertiary/aromatic N) is 2. The van der Waals surface area contributed by atoms with Crippen molar-refractivity contribution in [2.45, 2.75) is 19.4 Å². The molecule has 1 aliphatic rings. The number of amides is 1. The van der Waals surface area contributed by atoms with Gasteiger partial charge in [0.15, 0.2) is 15.5 Å². The number of hydrogen-bond acceptors (Lipinski definition) is 4. The topological polar surface area (TPSA) is 80.5 Å². The predicted octanol–water partition coefficient (Wildman–Crippen LogP) is 0.560. The Morgan fingerprint density at radius 1 is 1.45 bits per heavy atom. The molecule has 1 unspecified atom stereocenters. The fraction of sp³-hybridized carbons (Fsp3) is 0.385. The molecule has 1 fully saturated rings. The molecule has 1 aliphatic heterocycles. The van der Waals surface area contributed by atoms with Crippen LogP contribution in [0.5, 0.6) is 0 Å². The second-order valence-electron chi connectivity index (χ2n) is 5.04. The molecule has 2 aromatic rings. The molecule has 1 N–H and O–H groups in total. The van der Waals surface area contributed by atoms with Gasteiger partial charge < -0.3 is 9.72 Å². The quantitative estimate of drug-likeness (QED) is 0.877. The molecule has 0 saturated carbocycles. The number of aromatic nitrogens is 2. The van der Waals surface area contributed by atoms with Gasteiger partial charge in [0.1, 0.15) is 5.82 Å². The molecule has 106 valence electrons. The van der Waals surface area contributed by atoms with Gasteiger partial charge in [0.25, 0.3) is 5.91 Å². The van der Waals surface area contributed by atoms with Crippen molar-refractivity contribution in [2.24, 2.45) is 0 Å². The van der Waals surface area contributed by atoms with Crippen LogP contribution in [0.2, 0.25) is 0 Å². The van der Waals surface area contributed by atoms with Crippen LogP contribution in [0.3, 0.4) is 0 Å². The molecule has 3 heterocycles. The maximum Gasteiger partial charge on any atom is 0.272 e. The van der Waals surface area contributed by atoms with E-state index >= 15 is 0 Å². The SMILES string of the molecule is Cc1nc(C(=O)NC2CCS(=O)(=O)C2)c2ccccn12. The number of carbonyl (C=O) groups is 1. The van der Waals surface area contributed by atoms with Crippen LogP contribution in [0.4, 0.5) is 0 Å².